The summed E-state index contributed by atoms with van der Waals surface area (Å²) in [5.74, 6) is 0.553. The highest BCUT2D eigenvalue weighted by Gasteiger charge is 2.08. The van der Waals surface area contributed by atoms with Gasteiger partial charge in [0, 0.05) is 25.7 Å². The van der Waals surface area contributed by atoms with Crippen LogP contribution in [0.2, 0.25) is 10.0 Å². The zero-order valence-corrected chi connectivity index (χ0v) is 14.2. The van der Waals surface area contributed by atoms with E-state index in [1.165, 1.54) is 13.1 Å². The van der Waals surface area contributed by atoms with Crippen LogP contribution >= 0.6 is 23.2 Å². The average Bonchev–Trinajstić information content (AvgIpc) is 2.55. The standard InChI is InChI=1S/C15H14Cl2N6O/c1-9(24)19-4-5-20-14-10(7-18)8-21-15(23-14)22-11-2-3-12(16)13(17)6-11/h2-3,6,8H,4-5H2,1H3,(H,19,24)(H2,20,21,22,23). The summed E-state index contributed by atoms with van der Waals surface area (Å²) in [5.41, 5.74) is 0.968. The van der Waals surface area contributed by atoms with Crippen molar-refractivity contribution < 1.29 is 4.79 Å². The summed E-state index contributed by atoms with van der Waals surface area (Å²) >= 11 is 11.8. The second-order valence-corrected chi connectivity index (χ2v) is 5.55. The molecule has 3 N–H and O–H groups in total. The molecular weight excluding hydrogens is 351 g/mol. The lowest BCUT2D eigenvalue weighted by molar-refractivity contribution is -0.118. The molecule has 0 atom stereocenters. The molecule has 0 saturated carbocycles. The van der Waals surface area contributed by atoms with Gasteiger partial charge < -0.3 is 16.0 Å². The Morgan fingerprint density at radius 3 is 2.75 bits per heavy atom. The van der Waals surface area contributed by atoms with E-state index in [1.807, 2.05) is 6.07 Å². The van der Waals surface area contributed by atoms with Crippen molar-refractivity contribution in [1.82, 2.24) is 15.3 Å². The molecule has 1 aromatic carbocycles. The van der Waals surface area contributed by atoms with Crippen molar-refractivity contribution in [2.45, 2.75) is 6.92 Å². The third-order valence-electron chi connectivity index (χ3n) is 2.88. The summed E-state index contributed by atoms with van der Waals surface area (Å²) < 4.78 is 0. The number of carbonyl (C=O) groups is 1. The molecule has 24 heavy (non-hydrogen) atoms. The highest BCUT2D eigenvalue weighted by atomic mass is 35.5. The van der Waals surface area contributed by atoms with Crippen molar-refractivity contribution in [3.05, 3.63) is 40.0 Å². The van der Waals surface area contributed by atoms with Gasteiger partial charge in [-0.2, -0.15) is 10.2 Å². The molecule has 0 aliphatic heterocycles. The highest BCUT2D eigenvalue weighted by molar-refractivity contribution is 6.42. The molecule has 2 rings (SSSR count). The monoisotopic (exact) mass is 364 g/mol. The molecule has 0 radical (unpaired) electrons. The Kier molecular flexibility index (Phi) is 6.18. The Morgan fingerprint density at radius 1 is 1.29 bits per heavy atom. The summed E-state index contributed by atoms with van der Waals surface area (Å²) in [6, 6.07) is 7.05. The Labute approximate surface area is 149 Å². The zero-order chi connectivity index (χ0) is 17.5. The van der Waals surface area contributed by atoms with Crippen molar-refractivity contribution in [3.8, 4) is 6.07 Å². The van der Waals surface area contributed by atoms with Crippen molar-refractivity contribution in [2.75, 3.05) is 23.7 Å². The van der Waals surface area contributed by atoms with Gasteiger partial charge in [-0.1, -0.05) is 23.2 Å². The van der Waals surface area contributed by atoms with E-state index in [1.54, 1.807) is 18.2 Å². The molecule has 7 nitrogen and oxygen atoms in total. The molecule has 1 heterocycles. The number of nitriles is 1. The summed E-state index contributed by atoms with van der Waals surface area (Å²) in [6.45, 7) is 2.28. The predicted molar refractivity (Wildman–Crippen MR) is 93.7 cm³/mol. The smallest absolute Gasteiger partial charge is 0.229 e. The molecule has 1 aromatic heterocycles. The molecule has 0 aliphatic rings. The van der Waals surface area contributed by atoms with Crippen LogP contribution in [0.25, 0.3) is 0 Å². The van der Waals surface area contributed by atoms with Crippen molar-refractivity contribution in [2.24, 2.45) is 0 Å². The number of benzene rings is 1. The molecule has 0 fully saturated rings. The first-order chi connectivity index (χ1) is 11.5. The maximum absolute atomic E-state index is 10.8. The van der Waals surface area contributed by atoms with Crippen molar-refractivity contribution in [1.29, 1.82) is 5.26 Å². The van der Waals surface area contributed by atoms with Crippen molar-refractivity contribution in [3.63, 3.8) is 0 Å². The third kappa shape index (κ3) is 4.98. The minimum Gasteiger partial charge on any atom is -0.367 e. The van der Waals surface area contributed by atoms with E-state index < -0.39 is 0 Å². The zero-order valence-electron chi connectivity index (χ0n) is 12.7. The molecule has 2 aromatic rings. The van der Waals surface area contributed by atoms with Crippen LogP contribution in [0.15, 0.2) is 24.4 Å². The normalized spacial score (nSPS) is 9.92. The Bertz CT molecular complexity index is 790. The molecule has 0 aliphatic carbocycles. The van der Waals surface area contributed by atoms with Gasteiger partial charge in [0.1, 0.15) is 17.5 Å². The van der Waals surface area contributed by atoms with E-state index in [9.17, 15) is 4.79 Å². The van der Waals surface area contributed by atoms with E-state index in [0.717, 1.165) is 0 Å². The molecule has 0 spiro atoms. The van der Waals surface area contributed by atoms with E-state index in [-0.39, 0.29) is 5.91 Å². The first kappa shape index (κ1) is 17.8. The highest BCUT2D eigenvalue weighted by Crippen LogP contribution is 2.26. The lowest BCUT2D eigenvalue weighted by Gasteiger charge is -2.10. The Morgan fingerprint density at radius 2 is 2.08 bits per heavy atom. The summed E-state index contributed by atoms with van der Waals surface area (Å²) in [7, 11) is 0. The van der Waals surface area contributed by atoms with Gasteiger partial charge in [0.2, 0.25) is 11.9 Å². The van der Waals surface area contributed by atoms with E-state index in [2.05, 4.69) is 25.9 Å². The third-order valence-corrected chi connectivity index (χ3v) is 3.62. The average molecular weight is 365 g/mol. The number of nitrogens with one attached hydrogen (secondary N) is 3. The molecular formula is C15H14Cl2N6O. The van der Waals surface area contributed by atoms with Gasteiger partial charge in [0.05, 0.1) is 16.2 Å². The number of carbonyl (C=O) groups excluding carboxylic acids is 1. The number of hydrogen-bond donors (Lipinski definition) is 3. The van der Waals surface area contributed by atoms with E-state index >= 15 is 0 Å². The molecule has 9 heteroatoms. The van der Waals surface area contributed by atoms with Gasteiger partial charge in [-0.3, -0.25) is 4.79 Å². The quantitative estimate of drug-likeness (QED) is 0.680. The number of nitrogens with zero attached hydrogens (tertiary/aromatic N) is 3. The van der Waals surface area contributed by atoms with Crippen LogP contribution in [-0.4, -0.2) is 29.0 Å². The summed E-state index contributed by atoms with van der Waals surface area (Å²) in [4.78, 5) is 19.2. The number of amides is 1. The minimum atomic E-state index is -0.123. The van der Waals surface area contributed by atoms with Gasteiger partial charge >= 0.3 is 0 Å². The predicted octanol–water partition coefficient (Wildman–Crippen LogP) is 2.95. The number of anilines is 3. The van der Waals surface area contributed by atoms with Gasteiger partial charge in [-0.25, -0.2) is 4.98 Å². The Hall–Kier alpha value is -2.56. The second-order valence-electron chi connectivity index (χ2n) is 4.73. The van der Waals surface area contributed by atoms with Crippen molar-refractivity contribution >= 4 is 46.6 Å². The van der Waals surface area contributed by atoms with Gasteiger partial charge in [-0.15, -0.1) is 0 Å². The maximum atomic E-state index is 10.8. The van der Waals surface area contributed by atoms with E-state index in [0.29, 0.717) is 46.2 Å². The van der Waals surface area contributed by atoms with Crippen LogP contribution in [0.5, 0.6) is 0 Å². The van der Waals surface area contributed by atoms with E-state index in [4.69, 9.17) is 28.5 Å². The van der Waals surface area contributed by atoms with Crippen LogP contribution in [0.3, 0.4) is 0 Å². The second kappa shape index (κ2) is 8.34. The SMILES string of the molecule is CC(=O)NCCNc1nc(Nc2ccc(Cl)c(Cl)c2)ncc1C#N. The van der Waals surface area contributed by atoms with Crippen LogP contribution in [0, 0.1) is 11.3 Å². The fourth-order valence-electron chi connectivity index (χ4n) is 1.78. The molecule has 124 valence electrons. The van der Waals surface area contributed by atoms with Gasteiger partial charge in [-0.05, 0) is 18.2 Å². The molecule has 0 unspecified atom stereocenters. The largest absolute Gasteiger partial charge is 0.367 e. The van der Waals surface area contributed by atoms with Crippen LogP contribution in [0.4, 0.5) is 17.5 Å². The lowest BCUT2D eigenvalue weighted by atomic mass is 10.3. The first-order valence-corrected chi connectivity index (χ1v) is 7.72. The molecule has 0 saturated heterocycles. The van der Waals surface area contributed by atoms with Crippen LogP contribution in [-0.2, 0) is 4.79 Å². The molecule has 1 amide bonds. The summed E-state index contributed by atoms with van der Waals surface area (Å²) in [6.07, 6.45) is 1.41. The van der Waals surface area contributed by atoms with Gasteiger partial charge in [0.15, 0.2) is 0 Å². The fourth-order valence-corrected chi connectivity index (χ4v) is 2.08. The number of aromatic nitrogens is 2. The minimum absolute atomic E-state index is 0.123. The molecule has 0 bridgehead atoms. The van der Waals surface area contributed by atoms with Gasteiger partial charge in [0.25, 0.3) is 0 Å². The first-order valence-electron chi connectivity index (χ1n) is 6.97. The number of halogens is 2. The Balaban J connectivity index is 2.10. The number of rotatable bonds is 6. The lowest BCUT2D eigenvalue weighted by Crippen LogP contribution is -2.26. The fraction of sp³-hybridized carbons (Fsp3) is 0.200. The maximum Gasteiger partial charge on any atom is 0.229 e. The topological polar surface area (TPSA) is 103 Å². The summed E-state index contributed by atoms with van der Waals surface area (Å²) in [5, 5.41) is 18.6. The number of hydrogen-bond acceptors (Lipinski definition) is 6. The van der Waals surface area contributed by atoms with Crippen LogP contribution < -0.4 is 16.0 Å². The van der Waals surface area contributed by atoms with Crippen LogP contribution in [0.1, 0.15) is 12.5 Å².